The Morgan fingerprint density at radius 1 is 1.00 bits per heavy atom. The highest BCUT2D eigenvalue weighted by molar-refractivity contribution is 6.00. The van der Waals surface area contributed by atoms with Crippen LogP contribution in [0.4, 0.5) is 4.39 Å². The van der Waals surface area contributed by atoms with Gasteiger partial charge in [-0.2, -0.15) is 10.2 Å². The first-order valence-electron chi connectivity index (χ1n) is 10.00. The van der Waals surface area contributed by atoms with Gasteiger partial charge in [0.1, 0.15) is 17.3 Å². The second-order valence-electron chi connectivity index (χ2n) is 7.24. The van der Waals surface area contributed by atoms with Crippen molar-refractivity contribution >= 4 is 11.8 Å². The minimum absolute atomic E-state index is 0.177. The molecule has 9 nitrogen and oxygen atoms in total. The number of benzene rings is 2. The van der Waals surface area contributed by atoms with Gasteiger partial charge in [0.15, 0.2) is 0 Å². The summed E-state index contributed by atoms with van der Waals surface area (Å²) in [5.41, 5.74) is 8.26. The van der Waals surface area contributed by atoms with Gasteiger partial charge < -0.3 is 4.74 Å². The number of amides is 2. The summed E-state index contributed by atoms with van der Waals surface area (Å²) in [5, 5.41) is 11.2. The Morgan fingerprint density at radius 3 is 2.33 bits per heavy atom. The molecule has 10 heteroatoms. The molecule has 0 saturated carbocycles. The molecule has 0 aliphatic carbocycles. The Labute approximate surface area is 188 Å². The minimum atomic E-state index is -0.558. The highest BCUT2D eigenvalue weighted by Gasteiger charge is 2.20. The number of nitrogens with one attached hydrogen (secondary N) is 3. The predicted octanol–water partition coefficient (Wildman–Crippen LogP) is 3.10. The van der Waals surface area contributed by atoms with Crippen LogP contribution in [-0.4, -0.2) is 38.9 Å². The van der Waals surface area contributed by atoms with E-state index < -0.39 is 11.8 Å². The van der Waals surface area contributed by atoms with Crippen molar-refractivity contribution in [3.8, 4) is 22.7 Å². The molecule has 2 amide bonds. The summed E-state index contributed by atoms with van der Waals surface area (Å²) < 4.78 is 19.9. The largest absolute Gasteiger partial charge is 0.497 e. The molecule has 0 spiro atoms. The van der Waals surface area contributed by atoms with Crippen molar-refractivity contribution in [1.82, 2.24) is 30.8 Å². The van der Waals surface area contributed by atoms with Crippen molar-refractivity contribution in [1.29, 1.82) is 0 Å². The molecule has 2 heterocycles. The summed E-state index contributed by atoms with van der Waals surface area (Å²) in [6, 6.07) is 14.6. The molecule has 2 aromatic heterocycles. The van der Waals surface area contributed by atoms with Gasteiger partial charge in [-0.25, -0.2) is 9.07 Å². The third-order valence-electron chi connectivity index (χ3n) is 5.09. The lowest BCUT2D eigenvalue weighted by atomic mass is 10.1. The molecule has 4 rings (SSSR count). The molecule has 0 saturated heterocycles. The zero-order chi connectivity index (χ0) is 23.5. The van der Waals surface area contributed by atoms with E-state index in [1.807, 2.05) is 12.1 Å². The van der Waals surface area contributed by atoms with E-state index in [0.717, 1.165) is 5.56 Å². The Morgan fingerprint density at radius 2 is 1.67 bits per heavy atom. The Hall–Kier alpha value is -4.47. The number of halogens is 1. The maximum Gasteiger partial charge on any atom is 0.287 e. The van der Waals surface area contributed by atoms with Gasteiger partial charge >= 0.3 is 0 Å². The van der Waals surface area contributed by atoms with Crippen LogP contribution in [0.2, 0.25) is 0 Å². The molecule has 3 N–H and O–H groups in total. The van der Waals surface area contributed by atoms with Crippen LogP contribution in [-0.2, 0) is 0 Å². The zero-order valence-corrected chi connectivity index (χ0v) is 18.1. The molecule has 0 bridgehead atoms. The minimum Gasteiger partial charge on any atom is -0.497 e. The number of rotatable bonds is 5. The van der Waals surface area contributed by atoms with Crippen LogP contribution in [0.25, 0.3) is 16.9 Å². The second-order valence-corrected chi connectivity index (χ2v) is 7.24. The van der Waals surface area contributed by atoms with Crippen LogP contribution in [0.5, 0.6) is 5.75 Å². The van der Waals surface area contributed by atoms with Gasteiger partial charge in [-0.05, 0) is 68.4 Å². The molecule has 0 fully saturated rings. The van der Waals surface area contributed by atoms with E-state index in [0.29, 0.717) is 34.1 Å². The van der Waals surface area contributed by atoms with E-state index in [1.54, 1.807) is 56.0 Å². The molecule has 2 aromatic carbocycles. The average molecular weight is 448 g/mol. The summed E-state index contributed by atoms with van der Waals surface area (Å²) in [5.74, 6) is -0.739. The van der Waals surface area contributed by atoms with Gasteiger partial charge in [0.2, 0.25) is 0 Å². The highest BCUT2D eigenvalue weighted by atomic mass is 19.1. The van der Waals surface area contributed by atoms with Crippen LogP contribution in [0, 0.1) is 19.7 Å². The number of carbonyl (C=O) groups excluding carboxylic acids is 2. The van der Waals surface area contributed by atoms with E-state index in [2.05, 4.69) is 26.1 Å². The number of aromatic nitrogens is 4. The first-order chi connectivity index (χ1) is 15.9. The molecular formula is C23H21FN6O3. The molecule has 4 aromatic rings. The Bertz CT molecular complexity index is 1310. The average Bonchev–Trinajstić information content (AvgIpc) is 3.43. The summed E-state index contributed by atoms with van der Waals surface area (Å²) in [6.07, 6.45) is 0. The second kappa shape index (κ2) is 8.95. The molecule has 0 unspecified atom stereocenters. The maximum atomic E-state index is 13.2. The van der Waals surface area contributed by atoms with Crippen molar-refractivity contribution in [2.75, 3.05) is 7.11 Å². The van der Waals surface area contributed by atoms with Crippen molar-refractivity contribution in [2.24, 2.45) is 0 Å². The van der Waals surface area contributed by atoms with Crippen LogP contribution in [0.3, 0.4) is 0 Å². The number of aryl methyl sites for hydroxylation is 1. The van der Waals surface area contributed by atoms with Crippen molar-refractivity contribution in [3.05, 3.63) is 83.1 Å². The third kappa shape index (κ3) is 4.45. The number of carbonyl (C=O) groups is 2. The van der Waals surface area contributed by atoms with Gasteiger partial charge in [-0.15, -0.1) is 0 Å². The topological polar surface area (TPSA) is 114 Å². The fourth-order valence-electron chi connectivity index (χ4n) is 3.40. The standard InChI is InChI=1S/C23H21FN6O3/c1-13-21(14(2)30(29-13)17-8-6-16(24)7-9-17)23(32)28-27-22(31)20-12-19(25-26-20)15-4-10-18(33-3)11-5-15/h4-12H,1-3H3,(H,25,26)(H,27,31)(H,28,32). The maximum absolute atomic E-state index is 13.2. The van der Waals surface area contributed by atoms with Crippen LogP contribution in [0.1, 0.15) is 32.2 Å². The predicted molar refractivity (Wildman–Crippen MR) is 119 cm³/mol. The quantitative estimate of drug-likeness (QED) is 0.406. The van der Waals surface area contributed by atoms with E-state index in [1.165, 1.54) is 12.1 Å². The molecule has 0 aliphatic rings. The number of methoxy groups -OCH3 is 1. The molecule has 0 atom stereocenters. The molecule has 33 heavy (non-hydrogen) atoms. The van der Waals surface area contributed by atoms with Gasteiger partial charge in [0, 0.05) is 5.56 Å². The van der Waals surface area contributed by atoms with Gasteiger partial charge in [-0.3, -0.25) is 25.5 Å². The first kappa shape index (κ1) is 21.8. The van der Waals surface area contributed by atoms with E-state index in [-0.39, 0.29) is 11.5 Å². The SMILES string of the molecule is COc1ccc(-c2cc(C(=O)NNC(=O)c3c(C)nn(-c4ccc(F)cc4)c3C)[nH]n2)cc1. The number of hydrogen-bond donors (Lipinski definition) is 3. The van der Waals surface area contributed by atoms with Crippen LogP contribution in [0.15, 0.2) is 54.6 Å². The van der Waals surface area contributed by atoms with E-state index >= 15 is 0 Å². The summed E-state index contributed by atoms with van der Waals surface area (Å²) in [7, 11) is 1.58. The van der Waals surface area contributed by atoms with Crippen molar-refractivity contribution in [2.45, 2.75) is 13.8 Å². The molecule has 0 radical (unpaired) electrons. The number of hydrazine groups is 1. The fraction of sp³-hybridized carbons (Fsp3) is 0.130. The highest BCUT2D eigenvalue weighted by Crippen LogP contribution is 2.21. The van der Waals surface area contributed by atoms with Crippen LogP contribution >= 0.6 is 0 Å². The van der Waals surface area contributed by atoms with Crippen LogP contribution < -0.4 is 15.6 Å². The summed E-state index contributed by atoms with van der Waals surface area (Å²) >= 11 is 0. The first-order valence-corrected chi connectivity index (χ1v) is 10.00. The number of nitrogens with zero attached hydrogens (tertiary/aromatic N) is 3. The van der Waals surface area contributed by atoms with Gasteiger partial charge in [-0.1, -0.05) is 0 Å². The zero-order valence-electron chi connectivity index (χ0n) is 18.1. The van der Waals surface area contributed by atoms with Gasteiger partial charge in [0.25, 0.3) is 11.8 Å². The smallest absolute Gasteiger partial charge is 0.287 e. The number of hydrogen-bond acceptors (Lipinski definition) is 5. The Kier molecular flexibility index (Phi) is 5.90. The number of ether oxygens (including phenoxy) is 1. The number of aromatic amines is 1. The van der Waals surface area contributed by atoms with E-state index in [4.69, 9.17) is 4.74 Å². The monoisotopic (exact) mass is 448 g/mol. The van der Waals surface area contributed by atoms with Crippen molar-refractivity contribution < 1.29 is 18.7 Å². The Balaban J connectivity index is 1.44. The molecular weight excluding hydrogens is 427 g/mol. The lowest BCUT2D eigenvalue weighted by Gasteiger charge is -2.07. The lowest BCUT2D eigenvalue weighted by molar-refractivity contribution is 0.0843. The normalized spacial score (nSPS) is 10.7. The molecule has 0 aliphatic heterocycles. The van der Waals surface area contributed by atoms with E-state index in [9.17, 15) is 14.0 Å². The third-order valence-corrected chi connectivity index (χ3v) is 5.09. The van der Waals surface area contributed by atoms with Gasteiger partial charge in [0.05, 0.1) is 35.4 Å². The molecule has 168 valence electrons. The number of H-pyrrole nitrogens is 1. The van der Waals surface area contributed by atoms with Crippen molar-refractivity contribution in [3.63, 3.8) is 0 Å². The summed E-state index contributed by atoms with van der Waals surface area (Å²) in [6.45, 7) is 3.40. The summed E-state index contributed by atoms with van der Waals surface area (Å²) in [4.78, 5) is 25.2. The fourth-order valence-corrected chi connectivity index (χ4v) is 3.40. The lowest BCUT2D eigenvalue weighted by Crippen LogP contribution is -2.42.